The van der Waals surface area contributed by atoms with E-state index in [4.69, 9.17) is 5.73 Å². The number of hydrogen-bond donors (Lipinski definition) is 2. The van der Waals surface area contributed by atoms with Crippen LogP contribution >= 0.6 is 0 Å². The fourth-order valence-electron chi connectivity index (χ4n) is 1.70. The smallest absolute Gasteiger partial charge is 0.0419 e. The molecular formula is C11H20N2. The second kappa shape index (κ2) is 4.47. The van der Waals surface area contributed by atoms with E-state index < -0.39 is 0 Å². The van der Waals surface area contributed by atoms with Crippen molar-refractivity contribution in [3.63, 3.8) is 0 Å². The highest BCUT2D eigenvalue weighted by atomic mass is 15.0. The molecule has 1 rings (SSSR count). The van der Waals surface area contributed by atoms with Crippen molar-refractivity contribution in [2.24, 2.45) is 5.73 Å². The Morgan fingerprint density at radius 3 is 2.85 bits per heavy atom. The molecule has 13 heavy (non-hydrogen) atoms. The molecule has 1 unspecified atom stereocenters. The van der Waals surface area contributed by atoms with E-state index >= 15 is 0 Å². The molecular weight excluding hydrogens is 160 g/mol. The van der Waals surface area contributed by atoms with Gasteiger partial charge in [0.15, 0.2) is 0 Å². The van der Waals surface area contributed by atoms with E-state index in [1.165, 1.54) is 6.42 Å². The highest BCUT2D eigenvalue weighted by Crippen LogP contribution is 2.23. The van der Waals surface area contributed by atoms with Gasteiger partial charge < -0.3 is 11.1 Å². The summed E-state index contributed by atoms with van der Waals surface area (Å²) in [4.78, 5) is 0. The summed E-state index contributed by atoms with van der Waals surface area (Å²) in [6.45, 7) is 5.44. The van der Waals surface area contributed by atoms with Crippen molar-refractivity contribution in [2.75, 3.05) is 6.54 Å². The standard InChI is InChI=1S/C11H20N2/c1-3-8-13-11(4-2)7-5-6-10(12)9-11/h5-7,13H,3-4,8-9,12H2,1-2H3. The van der Waals surface area contributed by atoms with E-state index in [2.05, 4.69) is 31.3 Å². The summed E-state index contributed by atoms with van der Waals surface area (Å²) >= 11 is 0. The van der Waals surface area contributed by atoms with Gasteiger partial charge in [0.05, 0.1) is 0 Å². The molecule has 0 saturated carbocycles. The summed E-state index contributed by atoms with van der Waals surface area (Å²) in [7, 11) is 0. The lowest BCUT2D eigenvalue weighted by atomic mass is 9.87. The number of hydrogen-bond acceptors (Lipinski definition) is 2. The Bertz CT molecular complexity index is 218. The third-order valence-electron chi connectivity index (χ3n) is 2.60. The number of nitrogens with two attached hydrogens (primary N) is 1. The van der Waals surface area contributed by atoms with Gasteiger partial charge in [0.2, 0.25) is 0 Å². The van der Waals surface area contributed by atoms with Crippen LogP contribution in [0.1, 0.15) is 33.1 Å². The molecule has 0 aromatic carbocycles. The average Bonchev–Trinajstić information content (AvgIpc) is 2.15. The number of allylic oxidation sites excluding steroid dienone is 2. The van der Waals surface area contributed by atoms with Gasteiger partial charge in [-0.1, -0.05) is 26.0 Å². The monoisotopic (exact) mass is 180 g/mol. The molecule has 1 aliphatic rings. The van der Waals surface area contributed by atoms with E-state index in [9.17, 15) is 0 Å². The van der Waals surface area contributed by atoms with Gasteiger partial charge in [-0.3, -0.25) is 0 Å². The maximum Gasteiger partial charge on any atom is 0.0419 e. The second-order valence-electron chi connectivity index (χ2n) is 3.71. The van der Waals surface area contributed by atoms with Crippen molar-refractivity contribution in [1.29, 1.82) is 0 Å². The Morgan fingerprint density at radius 1 is 1.54 bits per heavy atom. The molecule has 0 radical (unpaired) electrons. The van der Waals surface area contributed by atoms with Crippen LogP contribution in [-0.2, 0) is 0 Å². The normalized spacial score (nSPS) is 27.4. The van der Waals surface area contributed by atoms with Gasteiger partial charge >= 0.3 is 0 Å². The van der Waals surface area contributed by atoms with Crippen LogP contribution in [0.4, 0.5) is 0 Å². The zero-order valence-electron chi connectivity index (χ0n) is 8.64. The minimum absolute atomic E-state index is 0.120. The number of rotatable bonds is 4. The molecule has 1 atom stereocenters. The zero-order valence-corrected chi connectivity index (χ0v) is 8.64. The van der Waals surface area contributed by atoms with Crippen molar-refractivity contribution in [1.82, 2.24) is 5.32 Å². The summed E-state index contributed by atoms with van der Waals surface area (Å²) in [6, 6.07) is 0. The third-order valence-corrected chi connectivity index (χ3v) is 2.60. The van der Waals surface area contributed by atoms with Crippen LogP contribution in [0.3, 0.4) is 0 Å². The Morgan fingerprint density at radius 2 is 2.31 bits per heavy atom. The van der Waals surface area contributed by atoms with Gasteiger partial charge in [-0.15, -0.1) is 0 Å². The minimum Gasteiger partial charge on any atom is -0.402 e. The maximum atomic E-state index is 5.83. The first-order valence-electron chi connectivity index (χ1n) is 5.11. The molecule has 3 N–H and O–H groups in total. The molecule has 0 aromatic heterocycles. The molecule has 0 saturated heterocycles. The first kappa shape index (κ1) is 10.3. The fraction of sp³-hybridized carbons (Fsp3) is 0.636. The largest absolute Gasteiger partial charge is 0.402 e. The predicted octanol–water partition coefficient (Wildman–Crippen LogP) is 1.94. The Labute approximate surface area is 80.9 Å². The number of nitrogens with one attached hydrogen (secondary N) is 1. The van der Waals surface area contributed by atoms with Gasteiger partial charge in [-0.25, -0.2) is 0 Å². The molecule has 74 valence electrons. The van der Waals surface area contributed by atoms with Crippen LogP contribution < -0.4 is 11.1 Å². The van der Waals surface area contributed by atoms with Crippen LogP contribution in [0.25, 0.3) is 0 Å². The molecule has 0 spiro atoms. The van der Waals surface area contributed by atoms with E-state index in [1.54, 1.807) is 0 Å². The predicted molar refractivity (Wildman–Crippen MR) is 57.3 cm³/mol. The van der Waals surface area contributed by atoms with Gasteiger partial charge in [0.25, 0.3) is 0 Å². The van der Waals surface area contributed by atoms with Crippen molar-refractivity contribution in [3.8, 4) is 0 Å². The average molecular weight is 180 g/mol. The summed E-state index contributed by atoms with van der Waals surface area (Å²) in [5.41, 5.74) is 6.93. The summed E-state index contributed by atoms with van der Waals surface area (Å²) in [5.74, 6) is 0. The Balaban J connectivity index is 2.61. The second-order valence-corrected chi connectivity index (χ2v) is 3.71. The summed E-state index contributed by atoms with van der Waals surface area (Å²) < 4.78 is 0. The van der Waals surface area contributed by atoms with E-state index in [-0.39, 0.29) is 5.54 Å². The molecule has 0 amide bonds. The van der Waals surface area contributed by atoms with Crippen LogP contribution in [0.2, 0.25) is 0 Å². The van der Waals surface area contributed by atoms with Crippen LogP contribution in [0.15, 0.2) is 23.9 Å². The first-order valence-corrected chi connectivity index (χ1v) is 5.11. The molecule has 0 aromatic rings. The van der Waals surface area contributed by atoms with Crippen LogP contribution in [0, 0.1) is 0 Å². The molecule has 0 bridgehead atoms. The first-order chi connectivity index (χ1) is 6.22. The van der Waals surface area contributed by atoms with Gasteiger partial charge in [0, 0.05) is 17.7 Å². The van der Waals surface area contributed by atoms with Gasteiger partial charge in [-0.05, 0) is 25.5 Å². The van der Waals surface area contributed by atoms with Crippen LogP contribution in [-0.4, -0.2) is 12.1 Å². The Kier molecular flexibility index (Phi) is 3.55. The molecule has 2 nitrogen and oxygen atoms in total. The Hall–Kier alpha value is -0.760. The molecule has 0 aliphatic heterocycles. The zero-order chi connectivity index (χ0) is 9.73. The molecule has 1 aliphatic carbocycles. The van der Waals surface area contributed by atoms with Gasteiger partial charge in [0.1, 0.15) is 0 Å². The van der Waals surface area contributed by atoms with Crippen molar-refractivity contribution >= 4 is 0 Å². The molecule has 2 heteroatoms. The van der Waals surface area contributed by atoms with Crippen molar-refractivity contribution < 1.29 is 0 Å². The van der Waals surface area contributed by atoms with E-state index in [1.807, 2.05) is 6.08 Å². The highest BCUT2D eigenvalue weighted by molar-refractivity contribution is 5.25. The highest BCUT2D eigenvalue weighted by Gasteiger charge is 2.25. The lowest BCUT2D eigenvalue weighted by molar-refractivity contribution is 0.381. The topological polar surface area (TPSA) is 38.0 Å². The quantitative estimate of drug-likeness (QED) is 0.694. The van der Waals surface area contributed by atoms with Crippen LogP contribution in [0.5, 0.6) is 0 Å². The molecule has 0 fully saturated rings. The van der Waals surface area contributed by atoms with Crippen molar-refractivity contribution in [2.45, 2.75) is 38.6 Å². The lowest BCUT2D eigenvalue weighted by Gasteiger charge is -2.33. The summed E-state index contributed by atoms with van der Waals surface area (Å²) in [5, 5.41) is 3.56. The fourth-order valence-corrected chi connectivity index (χ4v) is 1.70. The third kappa shape index (κ3) is 2.59. The SMILES string of the molecule is CCCNC1(CC)C=CC=C(N)C1. The van der Waals surface area contributed by atoms with E-state index in [0.29, 0.717) is 0 Å². The van der Waals surface area contributed by atoms with Gasteiger partial charge in [-0.2, -0.15) is 0 Å². The van der Waals surface area contributed by atoms with E-state index in [0.717, 1.165) is 25.1 Å². The van der Waals surface area contributed by atoms with Crippen molar-refractivity contribution in [3.05, 3.63) is 23.9 Å². The minimum atomic E-state index is 0.120. The molecule has 0 heterocycles. The lowest BCUT2D eigenvalue weighted by Crippen LogP contribution is -2.45. The maximum absolute atomic E-state index is 5.83. The summed E-state index contributed by atoms with van der Waals surface area (Å²) in [6.07, 6.45) is 9.49.